The van der Waals surface area contributed by atoms with Gasteiger partial charge in [0.1, 0.15) is 6.23 Å². The molecular formula is C36H66N6O7S. The van der Waals surface area contributed by atoms with Crippen molar-refractivity contribution in [3.05, 3.63) is 0 Å². The van der Waals surface area contributed by atoms with Crippen LogP contribution in [0.15, 0.2) is 0 Å². The van der Waals surface area contributed by atoms with Gasteiger partial charge in [-0.05, 0) is 76.0 Å². The van der Waals surface area contributed by atoms with E-state index >= 15 is 0 Å². The maximum absolute atomic E-state index is 14.0. The van der Waals surface area contributed by atoms with Crippen LogP contribution in [0.25, 0.3) is 0 Å². The number of nitrogens with zero attached hydrogens (tertiary/aromatic N) is 2. The lowest BCUT2D eigenvalue weighted by Gasteiger charge is -2.44. The van der Waals surface area contributed by atoms with Gasteiger partial charge in [-0.3, -0.25) is 19.3 Å². The SMILES string of the molecule is CCN(C(C)(C)C)S(=O)(=O)CC1(NC(=O)N[C@H](C(O)N2CCC(CC(C)C)[C@H]2C(=O)N[C@@H](CC2CC2)C(=O)C(N)=O)C(C)(C)C)CCCCC1. The van der Waals surface area contributed by atoms with Crippen molar-refractivity contribution in [3.8, 4) is 0 Å². The molecule has 1 heterocycles. The van der Waals surface area contributed by atoms with Gasteiger partial charge in [-0.15, -0.1) is 0 Å². The van der Waals surface area contributed by atoms with Gasteiger partial charge < -0.3 is 26.8 Å². The number of ketones is 1. The van der Waals surface area contributed by atoms with E-state index in [4.69, 9.17) is 5.73 Å². The summed E-state index contributed by atoms with van der Waals surface area (Å²) < 4.78 is 29.0. The molecule has 1 aliphatic heterocycles. The van der Waals surface area contributed by atoms with E-state index < -0.39 is 74.5 Å². The van der Waals surface area contributed by atoms with E-state index in [9.17, 15) is 32.7 Å². The molecule has 0 radical (unpaired) electrons. The van der Waals surface area contributed by atoms with Crippen LogP contribution in [0.5, 0.6) is 0 Å². The molecule has 6 N–H and O–H groups in total. The number of rotatable bonds is 16. The minimum atomic E-state index is -3.74. The molecule has 4 amide bonds. The van der Waals surface area contributed by atoms with E-state index in [1.165, 1.54) is 4.31 Å². The van der Waals surface area contributed by atoms with Gasteiger partial charge in [-0.2, -0.15) is 4.31 Å². The molecule has 288 valence electrons. The Bertz CT molecular complexity index is 1310. The molecule has 0 bridgehead atoms. The molecule has 0 aromatic rings. The number of nitrogens with one attached hydrogen (secondary N) is 3. The summed E-state index contributed by atoms with van der Waals surface area (Å²) >= 11 is 0. The first kappa shape index (κ1) is 42.1. The van der Waals surface area contributed by atoms with Gasteiger partial charge in [-0.1, -0.05) is 73.6 Å². The average Bonchev–Trinajstić information content (AvgIpc) is 3.69. The first-order valence-corrected chi connectivity index (χ1v) is 20.3. The topological polar surface area (TPSA) is 191 Å². The van der Waals surface area contributed by atoms with Crippen molar-refractivity contribution in [1.29, 1.82) is 0 Å². The van der Waals surface area contributed by atoms with Gasteiger partial charge >= 0.3 is 6.03 Å². The van der Waals surface area contributed by atoms with Crippen molar-refractivity contribution in [2.24, 2.45) is 28.9 Å². The molecule has 2 unspecified atom stereocenters. The number of urea groups is 1. The number of nitrogens with two attached hydrogens (primary N) is 1. The van der Waals surface area contributed by atoms with Gasteiger partial charge in [0.05, 0.1) is 29.4 Å². The number of aliphatic hydroxyl groups excluding tert-OH is 1. The van der Waals surface area contributed by atoms with Crippen LogP contribution >= 0.6 is 0 Å². The lowest BCUT2D eigenvalue weighted by molar-refractivity contribution is -0.141. The van der Waals surface area contributed by atoms with E-state index in [1.54, 1.807) is 4.90 Å². The van der Waals surface area contributed by atoms with Gasteiger partial charge in [0.25, 0.3) is 5.91 Å². The summed E-state index contributed by atoms with van der Waals surface area (Å²) in [6.07, 6.45) is 5.76. The Balaban J connectivity index is 1.88. The number of carbonyl (C=O) groups excluding carboxylic acids is 4. The summed E-state index contributed by atoms with van der Waals surface area (Å²) in [5, 5.41) is 20.9. The normalized spacial score (nSPS) is 23.7. The van der Waals surface area contributed by atoms with Crippen molar-refractivity contribution in [2.45, 2.75) is 162 Å². The summed E-state index contributed by atoms with van der Waals surface area (Å²) in [6.45, 7) is 17.9. The molecule has 2 saturated carbocycles. The highest BCUT2D eigenvalue weighted by molar-refractivity contribution is 7.89. The van der Waals surface area contributed by atoms with E-state index in [-0.39, 0.29) is 23.5 Å². The Hall–Kier alpha value is -2.29. The van der Waals surface area contributed by atoms with Crippen LogP contribution in [0.3, 0.4) is 0 Å². The number of amides is 4. The van der Waals surface area contributed by atoms with Crippen LogP contribution in [-0.4, -0.2) is 101 Å². The summed E-state index contributed by atoms with van der Waals surface area (Å²) in [4.78, 5) is 54.2. The van der Waals surface area contributed by atoms with Crippen LogP contribution in [0.2, 0.25) is 0 Å². The number of carbonyl (C=O) groups is 4. The molecule has 3 rings (SSSR count). The molecule has 2 aliphatic carbocycles. The Morgan fingerprint density at radius 1 is 0.960 bits per heavy atom. The van der Waals surface area contributed by atoms with E-state index in [1.807, 2.05) is 48.5 Å². The third-order valence-corrected chi connectivity index (χ3v) is 13.0. The molecule has 3 aliphatic rings. The Morgan fingerprint density at radius 3 is 2.04 bits per heavy atom. The highest BCUT2D eigenvalue weighted by Gasteiger charge is 2.49. The number of sulfonamides is 1. The number of hydrogen-bond donors (Lipinski definition) is 5. The number of Topliss-reactive ketones (excluding diaryl/α,β-unsaturated/α-hetero) is 1. The molecule has 50 heavy (non-hydrogen) atoms. The highest BCUT2D eigenvalue weighted by Crippen LogP contribution is 2.37. The standard InChI is InChI=1S/C36H66N6O7S/c1-10-42(35(7,8)9)50(48,49)22-36(17-12-11-13-18-36)40-33(47)39-29(34(4,5)6)32(46)41-19-16-25(20-23(2)3)27(41)31(45)38-26(21-24-14-15-24)28(43)30(37)44/h23-27,29,32,46H,10-22H2,1-9H3,(H2,37,44)(H,38,45)(H2,39,40,47)/t25?,26-,27-,29+,32?/m0/s1. The number of aliphatic hydroxyl groups is 1. The number of likely N-dealkylation sites (tertiary alicyclic amines) is 1. The number of hydrogen-bond acceptors (Lipinski definition) is 8. The van der Waals surface area contributed by atoms with Crippen LogP contribution in [0.4, 0.5) is 4.79 Å². The minimum Gasteiger partial charge on any atom is -0.376 e. The second kappa shape index (κ2) is 16.6. The predicted molar refractivity (Wildman–Crippen MR) is 194 cm³/mol. The maximum atomic E-state index is 14.0. The average molecular weight is 727 g/mol. The first-order chi connectivity index (χ1) is 23.0. The summed E-state index contributed by atoms with van der Waals surface area (Å²) in [5.74, 6) is -2.23. The van der Waals surface area contributed by atoms with Crippen LogP contribution in [0, 0.1) is 23.2 Å². The molecule has 0 spiro atoms. The molecular weight excluding hydrogens is 660 g/mol. The fourth-order valence-corrected chi connectivity index (χ4v) is 10.6. The van der Waals surface area contributed by atoms with Crippen molar-refractivity contribution in [3.63, 3.8) is 0 Å². The second-order valence-corrected chi connectivity index (χ2v) is 19.5. The maximum Gasteiger partial charge on any atom is 0.315 e. The lowest BCUT2D eigenvalue weighted by Crippen LogP contribution is -2.65. The molecule has 3 fully saturated rings. The Morgan fingerprint density at radius 2 is 1.56 bits per heavy atom. The van der Waals surface area contributed by atoms with Crippen molar-refractivity contribution in [2.75, 3.05) is 18.8 Å². The zero-order valence-corrected chi connectivity index (χ0v) is 32.8. The minimum absolute atomic E-state index is 0.135. The lowest BCUT2D eigenvalue weighted by atomic mass is 9.83. The van der Waals surface area contributed by atoms with Gasteiger partial charge in [0.2, 0.25) is 21.7 Å². The fourth-order valence-electron chi connectivity index (χ4n) is 8.14. The molecule has 5 atom stereocenters. The third-order valence-electron chi connectivity index (χ3n) is 10.6. The monoisotopic (exact) mass is 726 g/mol. The van der Waals surface area contributed by atoms with Crippen molar-refractivity contribution in [1.82, 2.24) is 25.2 Å². The smallest absolute Gasteiger partial charge is 0.315 e. The first-order valence-electron chi connectivity index (χ1n) is 18.7. The summed E-state index contributed by atoms with van der Waals surface area (Å²) in [6, 6.07) is -3.27. The highest BCUT2D eigenvalue weighted by atomic mass is 32.2. The van der Waals surface area contributed by atoms with Crippen molar-refractivity contribution < 1.29 is 32.7 Å². The molecule has 14 heteroatoms. The molecule has 0 aromatic heterocycles. The predicted octanol–water partition coefficient (Wildman–Crippen LogP) is 3.25. The zero-order chi connectivity index (χ0) is 37.8. The van der Waals surface area contributed by atoms with Crippen molar-refractivity contribution >= 4 is 33.7 Å². The quantitative estimate of drug-likeness (QED) is 0.150. The fraction of sp³-hybridized carbons (Fsp3) is 0.889. The van der Waals surface area contributed by atoms with Crippen LogP contribution in [0.1, 0.15) is 127 Å². The third kappa shape index (κ3) is 11.1. The Kier molecular flexibility index (Phi) is 14.0. The van der Waals surface area contributed by atoms with E-state index in [0.29, 0.717) is 45.2 Å². The van der Waals surface area contributed by atoms with E-state index in [2.05, 4.69) is 29.8 Å². The number of primary amides is 1. The second-order valence-electron chi connectivity index (χ2n) is 17.6. The molecule has 13 nitrogen and oxygen atoms in total. The van der Waals surface area contributed by atoms with Gasteiger partial charge in [-0.25, -0.2) is 13.2 Å². The van der Waals surface area contributed by atoms with E-state index in [0.717, 1.165) is 32.1 Å². The Labute approximate surface area is 300 Å². The summed E-state index contributed by atoms with van der Waals surface area (Å²) in [5.41, 5.74) is 3.07. The van der Waals surface area contributed by atoms with Gasteiger partial charge in [0.15, 0.2) is 0 Å². The molecule has 0 aromatic carbocycles. The largest absolute Gasteiger partial charge is 0.376 e. The van der Waals surface area contributed by atoms with Crippen LogP contribution < -0.4 is 21.7 Å². The summed E-state index contributed by atoms with van der Waals surface area (Å²) in [7, 11) is -3.74. The zero-order valence-electron chi connectivity index (χ0n) is 32.0. The van der Waals surface area contributed by atoms with Crippen LogP contribution in [-0.2, 0) is 24.4 Å². The molecule has 1 saturated heterocycles. The van der Waals surface area contributed by atoms with Gasteiger partial charge in [0, 0.05) is 18.6 Å².